The number of esters is 1. The molecule has 8 nitrogen and oxygen atoms in total. The molecular weight excluding hydrogens is 334 g/mol. The second kappa shape index (κ2) is 7.56. The van der Waals surface area contributed by atoms with E-state index in [1.54, 1.807) is 30.3 Å². The topological polar surface area (TPSA) is 99.0 Å². The van der Waals surface area contributed by atoms with Gasteiger partial charge in [-0.1, -0.05) is 24.3 Å². The van der Waals surface area contributed by atoms with Crippen molar-refractivity contribution >= 4 is 17.6 Å². The van der Waals surface area contributed by atoms with Crippen molar-refractivity contribution in [3.63, 3.8) is 0 Å². The number of amides is 1. The van der Waals surface area contributed by atoms with Crippen molar-refractivity contribution in [2.24, 2.45) is 0 Å². The first-order valence-corrected chi connectivity index (χ1v) is 7.92. The molecule has 0 saturated carbocycles. The average molecular weight is 351 g/mol. The van der Waals surface area contributed by atoms with Gasteiger partial charge in [-0.3, -0.25) is 4.79 Å². The van der Waals surface area contributed by atoms with Gasteiger partial charge in [-0.15, -0.1) is 5.10 Å². The molecule has 0 aliphatic heterocycles. The summed E-state index contributed by atoms with van der Waals surface area (Å²) in [6, 6.07) is 12.3. The van der Waals surface area contributed by atoms with Crippen LogP contribution in [0.4, 0.5) is 5.69 Å². The van der Waals surface area contributed by atoms with E-state index in [4.69, 9.17) is 4.74 Å². The van der Waals surface area contributed by atoms with Crippen molar-refractivity contribution in [3.8, 4) is 5.69 Å². The van der Waals surface area contributed by atoms with Gasteiger partial charge in [-0.25, -0.2) is 4.79 Å². The fourth-order valence-electron chi connectivity index (χ4n) is 2.40. The van der Waals surface area contributed by atoms with Crippen LogP contribution >= 0.6 is 0 Å². The lowest BCUT2D eigenvalue weighted by Gasteiger charge is -2.11. The number of anilines is 1. The van der Waals surface area contributed by atoms with Crippen LogP contribution < -0.4 is 5.32 Å². The van der Waals surface area contributed by atoms with E-state index in [1.165, 1.54) is 11.0 Å². The molecule has 0 unspecified atom stereocenters. The molecule has 132 valence electrons. The van der Waals surface area contributed by atoms with Crippen molar-refractivity contribution in [1.29, 1.82) is 0 Å². The van der Waals surface area contributed by atoms with Crippen molar-refractivity contribution in [2.45, 2.75) is 13.8 Å². The van der Waals surface area contributed by atoms with Crippen LogP contribution in [0.5, 0.6) is 0 Å². The molecule has 0 spiro atoms. The summed E-state index contributed by atoms with van der Waals surface area (Å²) in [6.45, 7) is 3.48. The molecule has 3 aromatic rings. The number of nitrogens with one attached hydrogen (secondary N) is 1. The van der Waals surface area contributed by atoms with Crippen LogP contribution in [-0.2, 0) is 9.53 Å². The highest BCUT2D eigenvalue weighted by Gasteiger charge is 2.16. The Balaban J connectivity index is 1.66. The Morgan fingerprint density at radius 1 is 1.12 bits per heavy atom. The SMILES string of the molecule is Cc1cccc(NC(=O)COC(=O)c2ccccc2-n2cnnn2)c1C. The van der Waals surface area contributed by atoms with E-state index in [1.807, 2.05) is 26.0 Å². The predicted octanol–water partition coefficient (Wildman–Crippen LogP) is 2.07. The molecule has 0 aliphatic rings. The minimum atomic E-state index is -0.632. The van der Waals surface area contributed by atoms with Crippen LogP contribution in [0.2, 0.25) is 0 Å². The highest BCUT2D eigenvalue weighted by Crippen LogP contribution is 2.18. The average Bonchev–Trinajstić information content (AvgIpc) is 3.18. The fraction of sp³-hybridized carbons (Fsp3) is 0.167. The van der Waals surface area contributed by atoms with Gasteiger partial charge < -0.3 is 10.1 Å². The maximum Gasteiger partial charge on any atom is 0.340 e. The van der Waals surface area contributed by atoms with E-state index >= 15 is 0 Å². The van der Waals surface area contributed by atoms with Gasteiger partial charge in [0.1, 0.15) is 6.33 Å². The Morgan fingerprint density at radius 2 is 1.92 bits per heavy atom. The number of rotatable bonds is 5. The van der Waals surface area contributed by atoms with E-state index in [9.17, 15) is 9.59 Å². The standard InChI is InChI=1S/C18H17N5O3/c1-12-6-5-8-15(13(12)2)20-17(24)10-26-18(25)14-7-3-4-9-16(14)23-11-19-21-22-23/h3-9,11H,10H2,1-2H3,(H,20,24). The van der Waals surface area contributed by atoms with Crippen molar-refractivity contribution < 1.29 is 14.3 Å². The highest BCUT2D eigenvalue weighted by molar-refractivity contribution is 5.97. The Labute approximate surface area is 149 Å². The highest BCUT2D eigenvalue weighted by atomic mass is 16.5. The zero-order valence-electron chi connectivity index (χ0n) is 14.3. The van der Waals surface area contributed by atoms with Gasteiger partial charge in [0.2, 0.25) is 0 Å². The molecule has 26 heavy (non-hydrogen) atoms. The van der Waals surface area contributed by atoms with Crippen LogP contribution in [0.3, 0.4) is 0 Å². The lowest BCUT2D eigenvalue weighted by Crippen LogP contribution is -2.22. The Bertz CT molecular complexity index is 938. The van der Waals surface area contributed by atoms with Crippen molar-refractivity contribution in [1.82, 2.24) is 20.2 Å². The van der Waals surface area contributed by atoms with Crippen LogP contribution in [-0.4, -0.2) is 38.7 Å². The molecule has 1 N–H and O–H groups in total. The third-order valence-electron chi connectivity index (χ3n) is 3.93. The summed E-state index contributed by atoms with van der Waals surface area (Å²) < 4.78 is 6.49. The summed E-state index contributed by atoms with van der Waals surface area (Å²) in [5, 5.41) is 13.6. The zero-order chi connectivity index (χ0) is 18.5. The summed E-state index contributed by atoms with van der Waals surface area (Å²) in [7, 11) is 0. The summed E-state index contributed by atoms with van der Waals surface area (Å²) in [5.41, 5.74) is 3.46. The first-order valence-electron chi connectivity index (χ1n) is 7.92. The van der Waals surface area contributed by atoms with Gasteiger partial charge in [-0.2, -0.15) is 4.68 Å². The molecule has 1 heterocycles. The number of para-hydroxylation sites is 1. The monoisotopic (exact) mass is 351 g/mol. The number of nitrogens with zero attached hydrogens (tertiary/aromatic N) is 4. The number of hydrogen-bond donors (Lipinski definition) is 1. The fourth-order valence-corrected chi connectivity index (χ4v) is 2.40. The number of aryl methyl sites for hydroxylation is 1. The molecule has 0 aliphatic carbocycles. The molecule has 0 fully saturated rings. The zero-order valence-corrected chi connectivity index (χ0v) is 14.3. The number of ether oxygens (including phenoxy) is 1. The van der Waals surface area contributed by atoms with Crippen LogP contribution in [0.15, 0.2) is 48.8 Å². The molecule has 3 rings (SSSR count). The third kappa shape index (κ3) is 3.75. The maximum absolute atomic E-state index is 12.4. The first kappa shape index (κ1) is 17.3. The summed E-state index contributed by atoms with van der Waals surface area (Å²) in [6.07, 6.45) is 1.37. The molecular formula is C18H17N5O3. The van der Waals surface area contributed by atoms with Gasteiger partial charge in [0, 0.05) is 5.69 Å². The third-order valence-corrected chi connectivity index (χ3v) is 3.93. The molecule has 0 bridgehead atoms. The van der Waals surface area contributed by atoms with Gasteiger partial charge >= 0.3 is 5.97 Å². The molecule has 2 aromatic carbocycles. The van der Waals surface area contributed by atoms with Crippen LogP contribution in [0, 0.1) is 13.8 Å². The Kier molecular flexibility index (Phi) is 5.02. The molecule has 1 aromatic heterocycles. The smallest absolute Gasteiger partial charge is 0.340 e. The van der Waals surface area contributed by atoms with Gasteiger partial charge in [0.15, 0.2) is 6.61 Å². The van der Waals surface area contributed by atoms with Crippen molar-refractivity contribution in [2.75, 3.05) is 11.9 Å². The number of benzene rings is 2. The molecule has 1 amide bonds. The molecule has 0 atom stereocenters. The molecule has 0 saturated heterocycles. The largest absolute Gasteiger partial charge is 0.452 e. The molecule has 0 radical (unpaired) electrons. The van der Waals surface area contributed by atoms with Gasteiger partial charge in [0.25, 0.3) is 5.91 Å². The van der Waals surface area contributed by atoms with E-state index in [2.05, 4.69) is 20.8 Å². The van der Waals surface area contributed by atoms with Gasteiger partial charge in [0.05, 0.1) is 11.3 Å². The number of tetrazole rings is 1. The van der Waals surface area contributed by atoms with Gasteiger partial charge in [-0.05, 0) is 53.6 Å². The van der Waals surface area contributed by atoms with Crippen molar-refractivity contribution in [3.05, 3.63) is 65.5 Å². The minimum Gasteiger partial charge on any atom is -0.452 e. The lowest BCUT2D eigenvalue weighted by molar-refractivity contribution is -0.119. The van der Waals surface area contributed by atoms with E-state index in [0.29, 0.717) is 11.4 Å². The lowest BCUT2D eigenvalue weighted by atomic mass is 10.1. The summed E-state index contributed by atoms with van der Waals surface area (Å²) in [4.78, 5) is 24.5. The van der Waals surface area contributed by atoms with E-state index in [-0.39, 0.29) is 5.56 Å². The number of aromatic nitrogens is 4. The second-order valence-electron chi connectivity index (χ2n) is 5.64. The summed E-state index contributed by atoms with van der Waals surface area (Å²) >= 11 is 0. The summed E-state index contributed by atoms with van der Waals surface area (Å²) in [5.74, 6) is -1.04. The maximum atomic E-state index is 12.4. The number of carbonyl (C=O) groups is 2. The Morgan fingerprint density at radius 3 is 2.69 bits per heavy atom. The quantitative estimate of drug-likeness (QED) is 0.707. The minimum absolute atomic E-state index is 0.263. The van der Waals surface area contributed by atoms with E-state index in [0.717, 1.165) is 11.1 Å². The number of hydrogen-bond acceptors (Lipinski definition) is 6. The number of carbonyl (C=O) groups excluding carboxylic acids is 2. The predicted molar refractivity (Wildman–Crippen MR) is 94.0 cm³/mol. The van der Waals surface area contributed by atoms with Crippen LogP contribution in [0.25, 0.3) is 5.69 Å². The Hall–Kier alpha value is -3.55. The first-order chi connectivity index (χ1) is 12.6. The second-order valence-corrected chi connectivity index (χ2v) is 5.64. The molecule has 8 heteroatoms. The van der Waals surface area contributed by atoms with Crippen LogP contribution in [0.1, 0.15) is 21.5 Å². The van der Waals surface area contributed by atoms with E-state index < -0.39 is 18.5 Å². The normalized spacial score (nSPS) is 10.4.